The molecule has 0 saturated carbocycles. The Hall–Kier alpha value is -1.11. The molecule has 0 atom stereocenters. The van der Waals surface area contributed by atoms with Crippen molar-refractivity contribution in [1.29, 1.82) is 0 Å². The van der Waals surface area contributed by atoms with E-state index < -0.39 is 11.9 Å². The molecule has 1 rings (SSSR count). The second-order valence-corrected chi connectivity index (χ2v) is 3.17. The molecule has 0 radical (unpaired) electrons. The normalized spacial score (nSPS) is 11.2. The maximum absolute atomic E-state index is 12.1. The zero-order chi connectivity index (χ0) is 11.5. The van der Waals surface area contributed by atoms with Gasteiger partial charge in [-0.3, -0.25) is 4.79 Å². The molecule has 1 amide bonds. The summed E-state index contributed by atoms with van der Waals surface area (Å²) in [5.41, 5.74) is -0.758. The van der Waals surface area contributed by atoms with Gasteiger partial charge in [0.25, 0.3) is 0 Å². The number of hydrogen-bond acceptors (Lipinski definition) is 2. The molecule has 82 valence electrons. The second-order valence-electron chi connectivity index (χ2n) is 2.61. The fraction of sp³-hybridized carbons (Fsp3) is 0.250. The van der Waals surface area contributed by atoms with Gasteiger partial charge in [-0.2, -0.15) is 13.2 Å². The Morgan fingerprint density at radius 2 is 2.13 bits per heavy atom. The van der Waals surface area contributed by atoms with Gasteiger partial charge < -0.3 is 5.32 Å². The zero-order valence-corrected chi connectivity index (χ0v) is 8.89. The van der Waals surface area contributed by atoms with Crippen molar-refractivity contribution in [3.63, 3.8) is 0 Å². The van der Waals surface area contributed by atoms with Gasteiger partial charge >= 0.3 is 6.18 Å². The molecule has 0 unspecified atom stereocenters. The summed E-state index contributed by atoms with van der Waals surface area (Å²) in [6.45, 7) is 0. The van der Waals surface area contributed by atoms with Crippen LogP contribution in [0.15, 0.2) is 18.3 Å². The third-order valence-corrected chi connectivity index (χ3v) is 1.97. The smallest absolute Gasteiger partial charge is 0.324 e. The van der Waals surface area contributed by atoms with Gasteiger partial charge in [-0.25, -0.2) is 4.98 Å². The Morgan fingerprint density at radius 1 is 1.47 bits per heavy atom. The minimum Gasteiger partial charge on any atom is -0.324 e. The van der Waals surface area contributed by atoms with Crippen molar-refractivity contribution in [2.24, 2.45) is 0 Å². The largest absolute Gasteiger partial charge is 0.433 e. The van der Waals surface area contributed by atoms with Gasteiger partial charge in [0.05, 0.1) is 17.2 Å². The number of nitrogens with zero attached hydrogens (tertiary/aromatic N) is 1. The van der Waals surface area contributed by atoms with Crippen molar-refractivity contribution in [2.75, 3.05) is 10.6 Å². The van der Waals surface area contributed by atoms with Gasteiger partial charge in [0.2, 0.25) is 5.91 Å². The van der Waals surface area contributed by atoms with Crippen LogP contribution in [0.4, 0.5) is 18.9 Å². The number of pyridine rings is 1. The van der Waals surface area contributed by atoms with Crippen LogP contribution in [0.1, 0.15) is 5.69 Å². The predicted molar refractivity (Wildman–Crippen MR) is 51.7 cm³/mol. The molecule has 1 aromatic rings. The quantitative estimate of drug-likeness (QED) is 0.847. The average molecular weight is 283 g/mol. The van der Waals surface area contributed by atoms with Crippen molar-refractivity contribution in [3.05, 3.63) is 24.0 Å². The van der Waals surface area contributed by atoms with Crippen molar-refractivity contribution in [3.8, 4) is 0 Å². The highest BCUT2D eigenvalue weighted by Crippen LogP contribution is 2.27. The van der Waals surface area contributed by atoms with Crippen molar-refractivity contribution in [1.82, 2.24) is 4.98 Å². The molecular weight excluding hydrogens is 277 g/mol. The molecule has 1 aromatic heterocycles. The summed E-state index contributed by atoms with van der Waals surface area (Å²) in [5.74, 6) is -0.350. The van der Waals surface area contributed by atoms with E-state index in [0.717, 1.165) is 18.3 Å². The average Bonchev–Trinajstić information content (AvgIpc) is 2.17. The first-order valence-electron chi connectivity index (χ1n) is 3.82. The van der Waals surface area contributed by atoms with Gasteiger partial charge in [0.1, 0.15) is 5.69 Å². The van der Waals surface area contributed by atoms with Crippen LogP contribution in [0.3, 0.4) is 0 Å². The van der Waals surface area contributed by atoms with E-state index in [1.165, 1.54) is 0 Å². The third kappa shape index (κ3) is 3.50. The van der Waals surface area contributed by atoms with E-state index in [1.54, 1.807) is 0 Å². The van der Waals surface area contributed by atoms with E-state index in [1.807, 2.05) is 0 Å². The van der Waals surface area contributed by atoms with Gasteiger partial charge in [-0.1, -0.05) is 15.9 Å². The number of anilines is 1. The van der Waals surface area contributed by atoms with Crippen LogP contribution in [0.5, 0.6) is 0 Å². The number of halogens is 4. The van der Waals surface area contributed by atoms with E-state index in [0.29, 0.717) is 0 Å². The number of hydrogen-bond donors (Lipinski definition) is 1. The summed E-state index contributed by atoms with van der Waals surface area (Å²) >= 11 is 2.91. The van der Waals surface area contributed by atoms with Crippen LogP contribution in [-0.2, 0) is 11.0 Å². The number of nitrogens with one attached hydrogen (secondary N) is 1. The summed E-state index contributed by atoms with van der Waals surface area (Å²) in [6.07, 6.45) is -3.50. The van der Waals surface area contributed by atoms with Gasteiger partial charge in [0.15, 0.2) is 0 Å². The summed E-state index contributed by atoms with van der Waals surface area (Å²) < 4.78 is 36.3. The SMILES string of the molecule is O=C(CBr)Nc1ccc(C(F)(F)F)nc1. The van der Waals surface area contributed by atoms with Crippen LogP contribution >= 0.6 is 15.9 Å². The third-order valence-electron chi connectivity index (χ3n) is 1.46. The van der Waals surface area contributed by atoms with Crippen LogP contribution in [0.25, 0.3) is 0 Å². The fourth-order valence-corrected chi connectivity index (χ4v) is 0.970. The number of carbonyl (C=O) groups excluding carboxylic acids is 1. The Bertz CT molecular complexity index is 350. The monoisotopic (exact) mass is 282 g/mol. The standard InChI is InChI=1S/C8H6BrF3N2O/c9-3-7(15)14-5-1-2-6(13-4-5)8(10,11)12/h1-2,4H,3H2,(H,14,15). The molecule has 0 saturated heterocycles. The highest BCUT2D eigenvalue weighted by Gasteiger charge is 2.31. The lowest BCUT2D eigenvalue weighted by Crippen LogP contribution is -2.13. The minimum atomic E-state index is -4.46. The maximum atomic E-state index is 12.1. The van der Waals surface area contributed by atoms with Gasteiger partial charge in [-0.15, -0.1) is 0 Å². The van der Waals surface area contributed by atoms with E-state index in [4.69, 9.17) is 0 Å². The maximum Gasteiger partial charge on any atom is 0.433 e. The minimum absolute atomic E-state index is 0.0774. The molecule has 3 nitrogen and oxygen atoms in total. The van der Waals surface area contributed by atoms with E-state index >= 15 is 0 Å². The van der Waals surface area contributed by atoms with Crippen LogP contribution in [-0.4, -0.2) is 16.2 Å². The molecule has 0 aromatic carbocycles. The van der Waals surface area contributed by atoms with Crippen molar-refractivity contribution in [2.45, 2.75) is 6.18 Å². The summed E-state index contributed by atoms with van der Waals surface area (Å²) in [5, 5.41) is 2.43. The highest BCUT2D eigenvalue weighted by atomic mass is 79.9. The fourth-order valence-electron chi connectivity index (χ4n) is 0.830. The first-order valence-corrected chi connectivity index (χ1v) is 4.94. The van der Waals surface area contributed by atoms with E-state index in [-0.39, 0.29) is 16.9 Å². The van der Waals surface area contributed by atoms with E-state index in [9.17, 15) is 18.0 Å². The second kappa shape index (κ2) is 4.61. The topological polar surface area (TPSA) is 42.0 Å². The lowest BCUT2D eigenvalue weighted by Gasteiger charge is -2.06. The summed E-state index contributed by atoms with van der Waals surface area (Å²) in [7, 11) is 0. The molecule has 1 heterocycles. The van der Waals surface area contributed by atoms with Gasteiger partial charge in [-0.05, 0) is 12.1 Å². The molecule has 0 aliphatic carbocycles. The van der Waals surface area contributed by atoms with Gasteiger partial charge in [0, 0.05) is 0 Å². The molecular formula is C8H6BrF3N2O. The number of aromatic nitrogens is 1. The lowest BCUT2D eigenvalue weighted by atomic mass is 10.3. The summed E-state index contributed by atoms with van der Waals surface area (Å²) in [4.78, 5) is 14.0. The van der Waals surface area contributed by atoms with Crippen molar-refractivity contribution >= 4 is 27.5 Å². The summed E-state index contributed by atoms with van der Waals surface area (Å²) in [6, 6.07) is 1.96. The Kier molecular flexibility index (Phi) is 3.67. The number of amides is 1. The predicted octanol–water partition coefficient (Wildman–Crippen LogP) is 2.43. The molecule has 0 spiro atoms. The Balaban J connectivity index is 2.77. The van der Waals surface area contributed by atoms with Crippen LogP contribution in [0.2, 0.25) is 0 Å². The first-order chi connectivity index (χ1) is 6.93. The molecule has 7 heteroatoms. The van der Waals surface area contributed by atoms with Crippen LogP contribution < -0.4 is 5.32 Å². The Labute approximate surface area is 91.8 Å². The van der Waals surface area contributed by atoms with Crippen LogP contribution in [0, 0.1) is 0 Å². The zero-order valence-electron chi connectivity index (χ0n) is 7.31. The Morgan fingerprint density at radius 3 is 2.53 bits per heavy atom. The first kappa shape index (κ1) is 12.0. The lowest BCUT2D eigenvalue weighted by molar-refractivity contribution is -0.141. The number of alkyl halides is 4. The molecule has 0 aliphatic rings. The molecule has 0 fully saturated rings. The molecule has 15 heavy (non-hydrogen) atoms. The van der Waals surface area contributed by atoms with Crippen molar-refractivity contribution < 1.29 is 18.0 Å². The number of rotatable bonds is 2. The number of carbonyl (C=O) groups is 1. The van der Waals surface area contributed by atoms with E-state index in [2.05, 4.69) is 26.2 Å². The molecule has 1 N–H and O–H groups in total. The molecule has 0 aliphatic heterocycles. The molecule has 0 bridgehead atoms. The highest BCUT2D eigenvalue weighted by molar-refractivity contribution is 9.09.